The van der Waals surface area contributed by atoms with Gasteiger partial charge >= 0.3 is 5.97 Å². The Labute approximate surface area is 117 Å². The van der Waals surface area contributed by atoms with Crippen molar-refractivity contribution in [2.75, 3.05) is 12.3 Å². The van der Waals surface area contributed by atoms with Crippen LogP contribution in [0.15, 0.2) is 23.1 Å². The van der Waals surface area contributed by atoms with Gasteiger partial charge in [-0.1, -0.05) is 13.0 Å². The van der Waals surface area contributed by atoms with Gasteiger partial charge in [0.1, 0.15) is 5.75 Å². The molecule has 2 N–H and O–H groups in total. The maximum Gasteiger partial charge on any atom is 0.335 e. The summed E-state index contributed by atoms with van der Waals surface area (Å²) in [6, 6.07) is 3.83. The summed E-state index contributed by atoms with van der Waals surface area (Å²) < 4.78 is 24.3. The maximum absolute atomic E-state index is 12.1. The van der Waals surface area contributed by atoms with Crippen molar-refractivity contribution in [2.24, 2.45) is 0 Å². The Kier molecular flexibility index (Phi) is 5.26. The van der Waals surface area contributed by atoms with Crippen molar-refractivity contribution >= 4 is 21.7 Å². The highest BCUT2D eigenvalue weighted by Gasteiger charge is 2.22. The molecule has 0 spiro atoms. The predicted molar refractivity (Wildman–Crippen MR) is 73.5 cm³/mol. The molecule has 1 rings (SSSR count). The normalized spacial score (nSPS) is 11.1. The monoisotopic (exact) mass is 299 g/mol. The Morgan fingerprint density at radius 2 is 1.95 bits per heavy atom. The van der Waals surface area contributed by atoms with E-state index in [0.29, 0.717) is 18.5 Å². The third-order valence-electron chi connectivity index (χ3n) is 2.66. The van der Waals surface area contributed by atoms with Crippen LogP contribution in [0.2, 0.25) is 0 Å². The molecular weight excluding hydrogens is 282 g/mol. The molecule has 0 aromatic heterocycles. The highest BCUT2D eigenvalue weighted by molar-refractivity contribution is 7.92. The van der Waals surface area contributed by atoms with Crippen LogP contribution in [-0.4, -0.2) is 37.7 Å². The molecule has 1 amide bonds. The Hall–Kier alpha value is -1.89. The van der Waals surface area contributed by atoms with Gasteiger partial charge in [0, 0.05) is 6.54 Å². The number of aromatic carboxylic acids is 1. The second kappa shape index (κ2) is 6.51. The number of benzene rings is 1. The standard InChI is InChI=1S/C13H17NO5S/c1-3-6-14-12(15)8-20(18,19)11-7-10(13(16)17)5-4-9(11)2/h4-5,7H,3,6,8H2,1-2H3,(H,14,15)(H,16,17). The Balaban J connectivity index is 3.06. The second-order valence-corrected chi connectivity index (χ2v) is 6.35. The number of hydrogen-bond acceptors (Lipinski definition) is 4. The minimum Gasteiger partial charge on any atom is -0.478 e. The molecule has 6 nitrogen and oxygen atoms in total. The summed E-state index contributed by atoms with van der Waals surface area (Å²) in [5.74, 6) is -2.49. The van der Waals surface area contributed by atoms with Gasteiger partial charge in [-0.3, -0.25) is 4.79 Å². The number of aryl methyl sites for hydroxylation is 1. The molecule has 0 aliphatic carbocycles. The molecule has 7 heteroatoms. The van der Waals surface area contributed by atoms with Gasteiger partial charge in [-0.25, -0.2) is 13.2 Å². The summed E-state index contributed by atoms with van der Waals surface area (Å²) in [5, 5.41) is 11.4. The number of nitrogens with one attached hydrogen (secondary N) is 1. The lowest BCUT2D eigenvalue weighted by atomic mass is 10.1. The van der Waals surface area contributed by atoms with Crippen molar-refractivity contribution < 1.29 is 23.1 Å². The molecule has 0 unspecified atom stereocenters. The zero-order valence-corrected chi connectivity index (χ0v) is 12.2. The van der Waals surface area contributed by atoms with Crippen LogP contribution in [0.25, 0.3) is 0 Å². The van der Waals surface area contributed by atoms with E-state index in [1.54, 1.807) is 6.92 Å². The molecule has 0 bridgehead atoms. The van der Waals surface area contributed by atoms with Crippen molar-refractivity contribution in [3.05, 3.63) is 29.3 Å². The lowest BCUT2D eigenvalue weighted by Gasteiger charge is -2.09. The SMILES string of the molecule is CCCNC(=O)CS(=O)(=O)c1cc(C(=O)O)ccc1C. The molecule has 0 atom stereocenters. The van der Waals surface area contributed by atoms with Crippen molar-refractivity contribution in [3.8, 4) is 0 Å². The zero-order chi connectivity index (χ0) is 15.3. The van der Waals surface area contributed by atoms with E-state index >= 15 is 0 Å². The van der Waals surface area contributed by atoms with E-state index in [9.17, 15) is 18.0 Å². The summed E-state index contributed by atoms with van der Waals surface area (Å²) in [5.41, 5.74) is 0.293. The molecule has 0 aliphatic rings. The smallest absolute Gasteiger partial charge is 0.335 e. The van der Waals surface area contributed by atoms with Crippen LogP contribution < -0.4 is 5.32 Å². The molecule has 1 aromatic rings. The van der Waals surface area contributed by atoms with E-state index in [-0.39, 0.29) is 10.5 Å². The Morgan fingerprint density at radius 3 is 2.50 bits per heavy atom. The van der Waals surface area contributed by atoms with E-state index in [1.165, 1.54) is 12.1 Å². The van der Waals surface area contributed by atoms with Crippen molar-refractivity contribution in [3.63, 3.8) is 0 Å². The molecule has 0 heterocycles. The minimum atomic E-state index is -3.85. The van der Waals surface area contributed by atoms with E-state index in [2.05, 4.69) is 5.32 Å². The van der Waals surface area contributed by atoms with Gasteiger partial charge in [-0.2, -0.15) is 0 Å². The molecule has 1 aromatic carbocycles. The van der Waals surface area contributed by atoms with Crippen LogP contribution in [0, 0.1) is 6.92 Å². The fraction of sp³-hybridized carbons (Fsp3) is 0.385. The fourth-order valence-corrected chi connectivity index (χ4v) is 3.10. The van der Waals surface area contributed by atoms with Gasteiger partial charge in [0.15, 0.2) is 9.84 Å². The topological polar surface area (TPSA) is 101 Å². The number of hydrogen-bond donors (Lipinski definition) is 2. The lowest BCUT2D eigenvalue weighted by Crippen LogP contribution is -2.31. The zero-order valence-electron chi connectivity index (χ0n) is 11.3. The average molecular weight is 299 g/mol. The summed E-state index contributed by atoms with van der Waals surface area (Å²) in [7, 11) is -3.85. The number of amides is 1. The van der Waals surface area contributed by atoms with Crippen LogP contribution in [0.3, 0.4) is 0 Å². The van der Waals surface area contributed by atoms with E-state index in [4.69, 9.17) is 5.11 Å². The summed E-state index contributed by atoms with van der Waals surface area (Å²) in [6.07, 6.45) is 0.708. The van der Waals surface area contributed by atoms with Crippen molar-refractivity contribution in [2.45, 2.75) is 25.2 Å². The highest BCUT2D eigenvalue weighted by atomic mass is 32.2. The fourth-order valence-electron chi connectivity index (χ4n) is 1.63. The number of carboxylic acid groups (broad SMARTS) is 1. The molecule has 0 fully saturated rings. The maximum atomic E-state index is 12.1. The summed E-state index contributed by atoms with van der Waals surface area (Å²) >= 11 is 0. The number of sulfone groups is 1. The second-order valence-electron chi connectivity index (χ2n) is 4.39. The summed E-state index contributed by atoms with van der Waals surface area (Å²) in [4.78, 5) is 22.3. The van der Waals surface area contributed by atoms with Gasteiger partial charge in [-0.05, 0) is 31.0 Å². The number of rotatable bonds is 6. The number of carbonyl (C=O) groups is 2. The first-order chi connectivity index (χ1) is 9.27. The molecule has 0 saturated carbocycles. The van der Waals surface area contributed by atoms with Crippen LogP contribution in [-0.2, 0) is 14.6 Å². The first-order valence-electron chi connectivity index (χ1n) is 6.11. The number of carboxylic acids is 1. The number of carbonyl (C=O) groups excluding carboxylic acids is 1. The largest absolute Gasteiger partial charge is 0.478 e. The summed E-state index contributed by atoms with van der Waals surface area (Å²) in [6.45, 7) is 3.82. The third kappa shape index (κ3) is 4.06. The van der Waals surface area contributed by atoms with Crippen molar-refractivity contribution in [1.82, 2.24) is 5.32 Å². The van der Waals surface area contributed by atoms with Gasteiger partial charge in [-0.15, -0.1) is 0 Å². The van der Waals surface area contributed by atoms with Crippen LogP contribution >= 0.6 is 0 Å². The highest BCUT2D eigenvalue weighted by Crippen LogP contribution is 2.18. The quantitative estimate of drug-likeness (QED) is 0.816. The van der Waals surface area contributed by atoms with E-state index in [1.807, 2.05) is 6.92 Å². The van der Waals surface area contributed by atoms with Gasteiger partial charge < -0.3 is 10.4 Å². The van der Waals surface area contributed by atoms with Gasteiger partial charge in [0.05, 0.1) is 10.5 Å². The van der Waals surface area contributed by atoms with Crippen molar-refractivity contribution in [1.29, 1.82) is 0 Å². The first kappa shape index (κ1) is 16.2. The molecule has 0 radical (unpaired) electrons. The van der Waals surface area contributed by atoms with Gasteiger partial charge in [0.2, 0.25) is 5.91 Å². The molecular formula is C13H17NO5S. The Bertz CT molecular complexity index is 622. The molecule has 0 aliphatic heterocycles. The predicted octanol–water partition coefficient (Wildman–Crippen LogP) is 0.993. The van der Waals surface area contributed by atoms with E-state index in [0.717, 1.165) is 6.07 Å². The molecule has 20 heavy (non-hydrogen) atoms. The van der Waals surface area contributed by atoms with E-state index < -0.39 is 27.5 Å². The van der Waals surface area contributed by atoms with Crippen LogP contribution in [0.5, 0.6) is 0 Å². The van der Waals surface area contributed by atoms with Crippen LogP contribution in [0.1, 0.15) is 29.3 Å². The average Bonchev–Trinajstić information content (AvgIpc) is 2.35. The Morgan fingerprint density at radius 1 is 1.30 bits per heavy atom. The lowest BCUT2D eigenvalue weighted by molar-refractivity contribution is -0.118. The molecule has 110 valence electrons. The minimum absolute atomic E-state index is 0.121. The first-order valence-corrected chi connectivity index (χ1v) is 7.76. The third-order valence-corrected chi connectivity index (χ3v) is 4.42. The van der Waals surface area contributed by atoms with Crippen LogP contribution in [0.4, 0.5) is 0 Å². The van der Waals surface area contributed by atoms with Gasteiger partial charge in [0.25, 0.3) is 0 Å². The molecule has 0 saturated heterocycles.